The summed E-state index contributed by atoms with van der Waals surface area (Å²) in [6, 6.07) is 0. The Kier molecular flexibility index (Phi) is 2.42. The van der Waals surface area contributed by atoms with Gasteiger partial charge in [-0.3, -0.25) is 0 Å². The normalized spacial score (nSPS) is 22.3. The van der Waals surface area contributed by atoms with Gasteiger partial charge in [-0.2, -0.15) is 0 Å². The maximum absolute atomic E-state index is 5.31. The van der Waals surface area contributed by atoms with E-state index in [2.05, 4.69) is 30.8 Å². The van der Waals surface area contributed by atoms with Gasteiger partial charge in [0.25, 0.3) is 0 Å². The summed E-state index contributed by atoms with van der Waals surface area (Å²) in [7, 11) is 0. The van der Waals surface area contributed by atoms with E-state index in [-0.39, 0.29) is 5.41 Å². The zero-order chi connectivity index (χ0) is 11.9. The largest absolute Gasteiger partial charge is 0.379 e. The van der Waals surface area contributed by atoms with E-state index in [4.69, 9.17) is 4.74 Å². The molecule has 4 heteroatoms. The molecule has 17 heavy (non-hydrogen) atoms. The molecule has 3 heterocycles. The number of hydrogen-bond donors (Lipinski definition) is 0. The molecule has 0 aliphatic carbocycles. The van der Waals surface area contributed by atoms with Gasteiger partial charge < -0.3 is 9.64 Å². The van der Waals surface area contributed by atoms with Gasteiger partial charge in [0.15, 0.2) is 0 Å². The maximum atomic E-state index is 5.31. The van der Waals surface area contributed by atoms with E-state index in [0.29, 0.717) is 0 Å². The maximum Gasteiger partial charge on any atom is 0.148 e. The van der Waals surface area contributed by atoms with Gasteiger partial charge in [-0.15, -0.1) is 11.3 Å². The van der Waals surface area contributed by atoms with Crippen molar-refractivity contribution in [2.75, 3.05) is 18.1 Å². The van der Waals surface area contributed by atoms with Crippen molar-refractivity contribution in [1.29, 1.82) is 0 Å². The lowest BCUT2D eigenvalue weighted by molar-refractivity contribution is -0.0760. The van der Waals surface area contributed by atoms with E-state index < -0.39 is 0 Å². The molecule has 0 amide bonds. The molecule has 0 aromatic carbocycles. The summed E-state index contributed by atoms with van der Waals surface area (Å²) in [5, 5.41) is 2.03. The summed E-state index contributed by atoms with van der Waals surface area (Å²) in [5.41, 5.74) is 4.21. The molecule has 1 aromatic heterocycles. The van der Waals surface area contributed by atoms with Crippen molar-refractivity contribution in [2.24, 2.45) is 5.41 Å². The first kappa shape index (κ1) is 10.7. The van der Waals surface area contributed by atoms with Crippen LogP contribution in [0.4, 0.5) is 5.82 Å². The zero-order valence-electron chi connectivity index (χ0n) is 9.72. The lowest BCUT2D eigenvalue weighted by Gasteiger charge is -2.41. The molecule has 1 aromatic rings. The number of nitrogens with zero attached hydrogens (tertiary/aromatic N) is 2. The van der Waals surface area contributed by atoms with Gasteiger partial charge >= 0.3 is 0 Å². The first-order chi connectivity index (χ1) is 8.19. The molecule has 0 atom stereocenters. The quantitative estimate of drug-likeness (QED) is 0.802. The van der Waals surface area contributed by atoms with Gasteiger partial charge in [0, 0.05) is 22.7 Å². The number of anilines is 1. The Hall–Kier alpha value is -1.39. The summed E-state index contributed by atoms with van der Waals surface area (Å²) in [6.45, 7) is 7.85. The van der Waals surface area contributed by atoms with Crippen LogP contribution >= 0.6 is 11.3 Å². The van der Waals surface area contributed by atoms with Crippen LogP contribution in [0.5, 0.6) is 0 Å². The standard InChI is InChI=1S/C13H14N2OS/c1-10-3-4-11(13(2)7-16-8-13)5-15(10)12-6-17-9-14-12/h3-6,9H,1,7-8H2,2H3. The van der Waals surface area contributed by atoms with Crippen molar-refractivity contribution in [3.05, 3.63) is 47.1 Å². The van der Waals surface area contributed by atoms with E-state index in [1.165, 1.54) is 5.57 Å². The van der Waals surface area contributed by atoms with Crippen molar-refractivity contribution in [3.63, 3.8) is 0 Å². The Morgan fingerprint density at radius 2 is 2.29 bits per heavy atom. The molecular weight excluding hydrogens is 232 g/mol. The summed E-state index contributed by atoms with van der Waals surface area (Å²) < 4.78 is 5.31. The number of allylic oxidation sites excluding steroid dienone is 2. The summed E-state index contributed by atoms with van der Waals surface area (Å²) >= 11 is 1.59. The fraction of sp³-hybridized carbons (Fsp3) is 0.308. The highest BCUT2D eigenvalue weighted by Gasteiger charge is 2.37. The second kappa shape index (κ2) is 3.82. The van der Waals surface area contributed by atoms with Gasteiger partial charge in [-0.1, -0.05) is 19.6 Å². The molecule has 0 radical (unpaired) electrons. The van der Waals surface area contributed by atoms with Crippen molar-refractivity contribution < 1.29 is 4.74 Å². The second-order valence-corrected chi connectivity index (χ2v) is 5.40. The average molecular weight is 246 g/mol. The lowest BCUT2D eigenvalue weighted by Crippen LogP contribution is -2.42. The Bertz CT molecular complexity index is 497. The number of rotatable bonds is 2. The molecule has 88 valence electrons. The van der Waals surface area contributed by atoms with E-state index in [1.54, 1.807) is 11.3 Å². The number of aromatic nitrogens is 1. The molecule has 0 saturated carbocycles. The van der Waals surface area contributed by atoms with Crippen LogP contribution in [0.25, 0.3) is 0 Å². The molecule has 0 bridgehead atoms. The Balaban J connectivity index is 1.94. The zero-order valence-corrected chi connectivity index (χ0v) is 10.5. The average Bonchev–Trinajstić information content (AvgIpc) is 2.80. The van der Waals surface area contributed by atoms with Crippen LogP contribution in [0.3, 0.4) is 0 Å². The predicted octanol–water partition coefficient (Wildman–Crippen LogP) is 2.95. The highest BCUT2D eigenvalue weighted by atomic mass is 32.1. The molecule has 0 unspecified atom stereocenters. The Morgan fingerprint density at radius 1 is 1.47 bits per heavy atom. The fourth-order valence-corrected chi connectivity index (χ4v) is 2.53. The van der Waals surface area contributed by atoms with Crippen LogP contribution in [0.1, 0.15) is 6.92 Å². The number of thiazole rings is 1. The molecule has 3 nitrogen and oxygen atoms in total. The minimum absolute atomic E-state index is 0.144. The van der Waals surface area contributed by atoms with Gasteiger partial charge in [0.1, 0.15) is 5.82 Å². The molecule has 1 fully saturated rings. The van der Waals surface area contributed by atoms with Gasteiger partial charge in [-0.05, 0) is 11.6 Å². The van der Waals surface area contributed by atoms with Crippen LogP contribution in [-0.4, -0.2) is 18.2 Å². The molecule has 1 saturated heterocycles. The highest BCUT2D eigenvalue weighted by molar-refractivity contribution is 7.07. The van der Waals surface area contributed by atoms with Crippen molar-refractivity contribution in [1.82, 2.24) is 4.98 Å². The van der Waals surface area contributed by atoms with Crippen LogP contribution in [0, 0.1) is 5.41 Å². The van der Waals surface area contributed by atoms with E-state index in [9.17, 15) is 0 Å². The minimum Gasteiger partial charge on any atom is -0.379 e. The number of ether oxygens (including phenoxy) is 1. The molecule has 2 aliphatic heterocycles. The van der Waals surface area contributed by atoms with E-state index >= 15 is 0 Å². The summed E-state index contributed by atoms with van der Waals surface area (Å²) in [6.07, 6.45) is 6.30. The first-order valence-electron chi connectivity index (χ1n) is 5.53. The monoisotopic (exact) mass is 246 g/mol. The topological polar surface area (TPSA) is 25.4 Å². The lowest BCUT2D eigenvalue weighted by atomic mass is 9.79. The summed E-state index contributed by atoms with van der Waals surface area (Å²) in [4.78, 5) is 6.36. The van der Waals surface area contributed by atoms with Gasteiger partial charge in [0.05, 0.1) is 18.7 Å². The minimum atomic E-state index is 0.144. The highest BCUT2D eigenvalue weighted by Crippen LogP contribution is 2.38. The van der Waals surface area contributed by atoms with Gasteiger partial charge in [-0.25, -0.2) is 4.98 Å². The van der Waals surface area contributed by atoms with Gasteiger partial charge in [0.2, 0.25) is 0 Å². The van der Waals surface area contributed by atoms with Crippen LogP contribution in [0.2, 0.25) is 0 Å². The molecule has 3 rings (SSSR count). The first-order valence-corrected chi connectivity index (χ1v) is 6.48. The van der Waals surface area contributed by atoms with Crippen LogP contribution in [-0.2, 0) is 4.74 Å². The van der Waals surface area contributed by atoms with Crippen molar-refractivity contribution >= 4 is 17.2 Å². The summed E-state index contributed by atoms with van der Waals surface area (Å²) in [5.74, 6) is 0.936. The predicted molar refractivity (Wildman–Crippen MR) is 69.9 cm³/mol. The SMILES string of the molecule is C=C1C=CC(C2(C)COC2)=CN1c1cscn1. The molecular formula is C13H14N2OS. The van der Waals surface area contributed by atoms with E-state index in [0.717, 1.165) is 24.7 Å². The Labute approximate surface area is 105 Å². The van der Waals surface area contributed by atoms with Crippen molar-refractivity contribution in [3.8, 4) is 0 Å². The second-order valence-electron chi connectivity index (χ2n) is 4.68. The van der Waals surface area contributed by atoms with Crippen molar-refractivity contribution in [2.45, 2.75) is 6.92 Å². The molecule has 2 aliphatic rings. The third-order valence-corrected chi connectivity index (χ3v) is 3.81. The van der Waals surface area contributed by atoms with E-state index in [1.807, 2.05) is 21.9 Å². The number of hydrogen-bond acceptors (Lipinski definition) is 4. The van der Waals surface area contributed by atoms with Crippen LogP contribution < -0.4 is 4.90 Å². The molecule has 0 spiro atoms. The fourth-order valence-electron chi connectivity index (χ4n) is 2.00. The Morgan fingerprint density at radius 3 is 2.88 bits per heavy atom. The molecule has 0 N–H and O–H groups in total. The smallest absolute Gasteiger partial charge is 0.148 e. The van der Waals surface area contributed by atoms with Crippen LogP contribution in [0.15, 0.2) is 47.1 Å². The third-order valence-electron chi connectivity index (χ3n) is 3.24. The third kappa shape index (κ3) is 1.73.